The van der Waals surface area contributed by atoms with Crippen molar-refractivity contribution in [2.75, 3.05) is 14.1 Å². The first kappa shape index (κ1) is 9.16. The second kappa shape index (κ2) is 23.0. The predicted octanol–water partition coefficient (Wildman–Crippen LogP) is -0.932. The molecular weight excluding hydrogens is 169 g/mol. The van der Waals surface area contributed by atoms with Crippen LogP contribution in [0.1, 0.15) is 0 Å². The van der Waals surface area contributed by atoms with Crippen molar-refractivity contribution in [2.24, 2.45) is 0 Å². The summed E-state index contributed by atoms with van der Waals surface area (Å²) < 4.78 is 8.42. The first-order valence-electron chi connectivity index (χ1n) is 1.29. The SMILES string of the molecule is CNC.[O]=[InH]. The third-order valence-corrected chi connectivity index (χ3v) is 0. The fourth-order valence-electron chi connectivity index (χ4n) is 0. The van der Waals surface area contributed by atoms with Crippen molar-refractivity contribution in [2.45, 2.75) is 0 Å². The average molecular weight is 177 g/mol. The van der Waals surface area contributed by atoms with E-state index in [1.807, 2.05) is 14.1 Å². The molecule has 5 heavy (non-hydrogen) atoms. The molecule has 0 rings (SSSR count). The summed E-state index contributed by atoms with van der Waals surface area (Å²) in [6, 6.07) is 0. The van der Waals surface area contributed by atoms with Crippen molar-refractivity contribution >= 4 is 24.4 Å². The van der Waals surface area contributed by atoms with Crippen molar-refractivity contribution in [3.8, 4) is 0 Å². The number of hydrogen-bond donors (Lipinski definition) is 1. The van der Waals surface area contributed by atoms with Crippen LogP contribution in [0.25, 0.3) is 0 Å². The van der Waals surface area contributed by atoms with Gasteiger partial charge in [0.1, 0.15) is 0 Å². The van der Waals surface area contributed by atoms with Crippen molar-refractivity contribution in [3.05, 3.63) is 0 Å². The molecular formula is C2H8InNO. The molecule has 0 aromatic carbocycles. The third-order valence-electron chi connectivity index (χ3n) is 0. The van der Waals surface area contributed by atoms with Gasteiger partial charge < -0.3 is 5.32 Å². The fourth-order valence-corrected chi connectivity index (χ4v) is 0. The Labute approximate surface area is 47.0 Å². The van der Waals surface area contributed by atoms with Crippen LogP contribution < -0.4 is 5.32 Å². The molecule has 0 aromatic rings. The number of rotatable bonds is 0. The van der Waals surface area contributed by atoms with E-state index in [2.05, 4.69) is 5.32 Å². The molecule has 0 aliphatic heterocycles. The average Bonchev–Trinajstić information content (AvgIpc) is 1.46. The zero-order chi connectivity index (χ0) is 4.71. The molecule has 3 heteroatoms. The molecule has 0 saturated carbocycles. The Morgan fingerprint density at radius 1 is 1.40 bits per heavy atom. The molecule has 0 radical (unpaired) electrons. The van der Waals surface area contributed by atoms with Gasteiger partial charge in [-0.05, 0) is 14.1 Å². The summed E-state index contributed by atoms with van der Waals surface area (Å²) in [5.74, 6) is 0. The zero-order valence-corrected chi connectivity index (χ0v) is 7.65. The Morgan fingerprint density at radius 3 is 1.40 bits per heavy atom. The van der Waals surface area contributed by atoms with Crippen molar-refractivity contribution in [3.63, 3.8) is 0 Å². The molecule has 0 fully saturated rings. The van der Waals surface area contributed by atoms with Crippen LogP contribution in [-0.2, 0) is 2.85 Å². The van der Waals surface area contributed by atoms with Gasteiger partial charge in [0.2, 0.25) is 0 Å². The van der Waals surface area contributed by atoms with E-state index < -0.39 is 0 Å². The van der Waals surface area contributed by atoms with Crippen molar-refractivity contribution < 1.29 is 2.85 Å². The van der Waals surface area contributed by atoms with Gasteiger partial charge in [0, 0.05) is 0 Å². The Bertz CT molecular complexity index is 13.6. The minimum atomic E-state index is -0.1000. The molecule has 0 unspecified atom stereocenters. The molecule has 0 atom stereocenters. The van der Waals surface area contributed by atoms with Crippen LogP contribution in [0.3, 0.4) is 0 Å². The van der Waals surface area contributed by atoms with E-state index in [1.165, 1.54) is 0 Å². The zero-order valence-electron chi connectivity index (χ0n) is 3.62. The van der Waals surface area contributed by atoms with Crippen LogP contribution in [0, 0.1) is 0 Å². The predicted molar refractivity (Wildman–Crippen MR) is 22.8 cm³/mol. The maximum atomic E-state index is 8.42. The molecule has 0 aliphatic carbocycles. The van der Waals surface area contributed by atoms with Gasteiger partial charge >= 0.3 is 27.2 Å². The summed E-state index contributed by atoms with van der Waals surface area (Å²) in [5, 5.41) is 2.75. The van der Waals surface area contributed by atoms with E-state index in [0.717, 1.165) is 0 Å². The van der Waals surface area contributed by atoms with Gasteiger partial charge in [-0.1, -0.05) is 0 Å². The summed E-state index contributed by atoms with van der Waals surface area (Å²) in [5.41, 5.74) is 0. The molecule has 30 valence electrons. The molecule has 0 spiro atoms. The Hall–Kier alpha value is 0.630. The van der Waals surface area contributed by atoms with Crippen LogP contribution in [0.4, 0.5) is 0 Å². The minimum absolute atomic E-state index is 0.1000. The van der Waals surface area contributed by atoms with E-state index in [9.17, 15) is 0 Å². The summed E-state index contributed by atoms with van der Waals surface area (Å²) in [6.45, 7) is 0. The fraction of sp³-hybridized carbons (Fsp3) is 1.00. The van der Waals surface area contributed by atoms with Crippen molar-refractivity contribution in [1.29, 1.82) is 0 Å². The topological polar surface area (TPSA) is 29.1 Å². The Balaban J connectivity index is 0. The van der Waals surface area contributed by atoms with E-state index in [-0.39, 0.29) is 24.4 Å². The van der Waals surface area contributed by atoms with Gasteiger partial charge in [-0.2, -0.15) is 0 Å². The summed E-state index contributed by atoms with van der Waals surface area (Å²) in [4.78, 5) is 0. The van der Waals surface area contributed by atoms with E-state index in [0.29, 0.717) is 0 Å². The van der Waals surface area contributed by atoms with Crippen molar-refractivity contribution in [1.82, 2.24) is 5.32 Å². The monoisotopic (exact) mass is 177 g/mol. The van der Waals surface area contributed by atoms with Gasteiger partial charge in [0.05, 0.1) is 0 Å². The standard InChI is InChI=1S/C2H7N.In.O.H/c1-3-2;;;/h3H,1-2H3;;;. The molecule has 0 bridgehead atoms. The second-order valence-corrected chi connectivity index (χ2v) is 0.500. The second-order valence-electron chi connectivity index (χ2n) is 0.500. The van der Waals surface area contributed by atoms with Gasteiger partial charge in [-0.15, -0.1) is 0 Å². The normalized spacial score (nSPS) is 4.20. The van der Waals surface area contributed by atoms with E-state index in [4.69, 9.17) is 2.85 Å². The molecule has 2 nitrogen and oxygen atoms in total. The molecule has 0 heterocycles. The molecule has 0 saturated heterocycles. The quantitative estimate of drug-likeness (QED) is 0.517. The van der Waals surface area contributed by atoms with E-state index in [1.54, 1.807) is 0 Å². The summed E-state index contributed by atoms with van der Waals surface area (Å²) >= 11 is -0.1000. The van der Waals surface area contributed by atoms with Gasteiger partial charge in [0.15, 0.2) is 0 Å². The van der Waals surface area contributed by atoms with Crippen LogP contribution in [0.2, 0.25) is 0 Å². The molecule has 1 N–H and O–H groups in total. The summed E-state index contributed by atoms with van der Waals surface area (Å²) in [7, 11) is 3.75. The van der Waals surface area contributed by atoms with Crippen LogP contribution in [0.15, 0.2) is 0 Å². The van der Waals surface area contributed by atoms with Crippen LogP contribution >= 0.6 is 0 Å². The molecule has 0 aliphatic rings. The molecule has 0 aromatic heterocycles. The van der Waals surface area contributed by atoms with Crippen LogP contribution in [0.5, 0.6) is 0 Å². The van der Waals surface area contributed by atoms with Crippen LogP contribution in [-0.4, -0.2) is 38.5 Å². The first-order chi connectivity index (χ1) is 2.41. The molecule has 0 amide bonds. The maximum absolute atomic E-state index is 8.42. The Morgan fingerprint density at radius 2 is 1.40 bits per heavy atom. The van der Waals surface area contributed by atoms with Gasteiger partial charge in [-0.3, -0.25) is 0 Å². The van der Waals surface area contributed by atoms with Gasteiger partial charge in [0.25, 0.3) is 0 Å². The first-order valence-corrected chi connectivity index (χ1v) is 2.94. The number of nitrogens with one attached hydrogen (secondary N) is 1. The Kier molecular flexibility index (Phi) is 42.1. The summed E-state index contributed by atoms with van der Waals surface area (Å²) in [6.07, 6.45) is 0. The van der Waals surface area contributed by atoms with Gasteiger partial charge in [-0.25, -0.2) is 0 Å². The number of hydrogen-bond acceptors (Lipinski definition) is 2. The van der Waals surface area contributed by atoms with E-state index >= 15 is 0 Å². The third kappa shape index (κ3) is 80.7.